The molecule has 0 aliphatic heterocycles. The molecule has 0 radical (unpaired) electrons. The van der Waals surface area contributed by atoms with Gasteiger partial charge in [0, 0.05) is 6.07 Å². The Morgan fingerprint density at radius 1 is 1.05 bits per heavy atom. The lowest BCUT2D eigenvalue weighted by molar-refractivity contribution is -0.385. The fourth-order valence-corrected chi connectivity index (χ4v) is 2.39. The van der Waals surface area contributed by atoms with Crippen molar-refractivity contribution in [3.8, 4) is 0 Å². The Bertz CT molecular complexity index is 773. The number of hydrazone groups is 1. The molecule has 0 unspecified atom stereocenters. The zero-order valence-corrected chi connectivity index (χ0v) is 11.5. The van der Waals surface area contributed by atoms with E-state index in [4.69, 9.17) is 0 Å². The van der Waals surface area contributed by atoms with Crippen LogP contribution >= 0.6 is 0 Å². The second kappa shape index (κ2) is 6.14. The Morgan fingerprint density at radius 2 is 1.67 bits per heavy atom. The second-order valence-electron chi connectivity index (χ2n) is 3.98. The third kappa shape index (κ3) is 3.63. The van der Waals surface area contributed by atoms with Crippen molar-refractivity contribution < 1.29 is 13.3 Å². The van der Waals surface area contributed by atoms with Gasteiger partial charge < -0.3 is 0 Å². The van der Waals surface area contributed by atoms with Crippen molar-refractivity contribution in [1.82, 2.24) is 4.83 Å². The average Bonchev–Trinajstić information content (AvgIpc) is 2.48. The summed E-state index contributed by atoms with van der Waals surface area (Å²) in [6.07, 6.45) is 1.10. The number of benzene rings is 2. The first-order valence-corrected chi connectivity index (χ1v) is 7.32. The minimum Gasteiger partial charge on any atom is -0.258 e. The summed E-state index contributed by atoms with van der Waals surface area (Å²) in [6, 6.07) is 13.6. The van der Waals surface area contributed by atoms with Crippen LogP contribution in [0.2, 0.25) is 0 Å². The highest BCUT2D eigenvalue weighted by Crippen LogP contribution is 2.15. The molecule has 0 heterocycles. The van der Waals surface area contributed by atoms with Crippen molar-refractivity contribution in [2.24, 2.45) is 5.10 Å². The standard InChI is InChI=1S/C13H11N3O4S/c17-16(18)13-9-5-4-6-11(13)10-14-15-21(19,20)12-7-2-1-3-8-12/h1-10,15H/b14-10-. The van der Waals surface area contributed by atoms with Crippen molar-refractivity contribution in [2.45, 2.75) is 4.90 Å². The molecule has 0 saturated carbocycles. The summed E-state index contributed by atoms with van der Waals surface area (Å²) in [4.78, 5) is 12.3. The highest BCUT2D eigenvalue weighted by molar-refractivity contribution is 7.89. The number of hydrogen-bond donors (Lipinski definition) is 1. The lowest BCUT2D eigenvalue weighted by atomic mass is 10.2. The van der Waals surface area contributed by atoms with Crippen molar-refractivity contribution >= 4 is 21.9 Å². The van der Waals surface area contributed by atoms with Gasteiger partial charge in [-0.25, -0.2) is 4.83 Å². The van der Waals surface area contributed by atoms with Crippen LogP contribution in [0.5, 0.6) is 0 Å². The molecule has 21 heavy (non-hydrogen) atoms. The van der Waals surface area contributed by atoms with E-state index in [1.54, 1.807) is 24.3 Å². The Hall–Kier alpha value is -2.74. The van der Waals surface area contributed by atoms with Gasteiger partial charge in [0.1, 0.15) is 0 Å². The number of nitro benzene ring substituents is 1. The van der Waals surface area contributed by atoms with Crippen LogP contribution < -0.4 is 4.83 Å². The number of nitro groups is 1. The van der Waals surface area contributed by atoms with Crippen LogP contribution in [0.1, 0.15) is 5.56 Å². The van der Waals surface area contributed by atoms with Gasteiger partial charge in [-0.3, -0.25) is 10.1 Å². The molecule has 0 saturated heterocycles. The topological polar surface area (TPSA) is 102 Å². The molecule has 0 aliphatic carbocycles. The quantitative estimate of drug-likeness (QED) is 0.518. The highest BCUT2D eigenvalue weighted by atomic mass is 32.2. The van der Waals surface area contributed by atoms with Gasteiger partial charge in [0.2, 0.25) is 0 Å². The van der Waals surface area contributed by atoms with Gasteiger partial charge in [0.05, 0.1) is 21.6 Å². The number of sulfonamides is 1. The fourth-order valence-electron chi connectivity index (χ4n) is 1.58. The lowest BCUT2D eigenvalue weighted by Gasteiger charge is -2.02. The van der Waals surface area contributed by atoms with Gasteiger partial charge in [0.15, 0.2) is 0 Å². The maximum Gasteiger partial charge on any atom is 0.278 e. The van der Waals surface area contributed by atoms with Crippen molar-refractivity contribution in [3.05, 3.63) is 70.3 Å². The van der Waals surface area contributed by atoms with Crippen LogP contribution in [0.25, 0.3) is 0 Å². The first kappa shape index (κ1) is 14.7. The van der Waals surface area contributed by atoms with Gasteiger partial charge in [-0.15, -0.1) is 0 Å². The molecule has 2 rings (SSSR count). The highest BCUT2D eigenvalue weighted by Gasteiger charge is 2.13. The second-order valence-corrected chi connectivity index (χ2v) is 5.64. The number of para-hydroxylation sites is 1. The van der Waals surface area contributed by atoms with E-state index in [1.807, 2.05) is 4.83 Å². The van der Waals surface area contributed by atoms with Gasteiger partial charge in [-0.2, -0.15) is 13.5 Å². The van der Waals surface area contributed by atoms with E-state index in [2.05, 4.69) is 5.10 Å². The number of nitrogens with zero attached hydrogens (tertiary/aromatic N) is 2. The van der Waals surface area contributed by atoms with Gasteiger partial charge in [0.25, 0.3) is 15.7 Å². The van der Waals surface area contributed by atoms with Crippen LogP contribution in [-0.4, -0.2) is 19.6 Å². The predicted molar refractivity (Wildman–Crippen MR) is 77.5 cm³/mol. The Morgan fingerprint density at radius 3 is 2.33 bits per heavy atom. The van der Waals surface area contributed by atoms with Crippen LogP contribution in [0.15, 0.2) is 64.6 Å². The molecule has 0 aliphatic rings. The van der Waals surface area contributed by atoms with E-state index in [1.165, 1.54) is 30.3 Å². The molecule has 0 aromatic heterocycles. The zero-order valence-electron chi connectivity index (χ0n) is 10.7. The molecule has 0 spiro atoms. The monoisotopic (exact) mass is 305 g/mol. The van der Waals surface area contributed by atoms with Gasteiger partial charge in [-0.1, -0.05) is 30.3 Å². The summed E-state index contributed by atoms with van der Waals surface area (Å²) in [5.41, 5.74) is 0.0541. The molecule has 0 atom stereocenters. The number of hydrogen-bond acceptors (Lipinski definition) is 5. The Balaban J connectivity index is 2.19. The molecule has 0 bridgehead atoms. The van der Waals surface area contributed by atoms with E-state index in [-0.39, 0.29) is 16.1 Å². The molecule has 0 fully saturated rings. The van der Waals surface area contributed by atoms with E-state index in [0.29, 0.717) is 0 Å². The van der Waals surface area contributed by atoms with Crippen LogP contribution in [0.3, 0.4) is 0 Å². The van der Waals surface area contributed by atoms with Gasteiger partial charge >= 0.3 is 0 Å². The van der Waals surface area contributed by atoms with Crippen molar-refractivity contribution in [2.75, 3.05) is 0 Å². The molecule has 1 N–H and O–H groups in total. The van der Waals surface area contributed by atoms with E-state index in [9.17, 15) is 18.5 Å². The fraction of sp³-hybridized carbons (Fsp3) is 0. The summed E-state index contributed by atoms with van der Waals surface area (Å²) in [5, 5.41) is 14.4. The molecule has 8 heteroatoms. The van der Waals surface area contributed by atoms with E-state index in [0.717, 1.165) is 6.21 Å². The summed E-state index contributed by atoms with van der Waals surface area (Å²) >= 11 is 0. The van der Waals surface area contributed by atoms with Crippen molar-refractivity contribution in [1.29, 1.82) is 0 Å². The molecule has 108 valence electrons. The maximum absolute atomic E-state index is 11.9. The molecular formula is C13H11N3O4S. The minimum atomic E-state index is -3.78. The molecule has 7 nitrogen and oxygen atoms in total. The predicted octanol–water partition coefficient (Wildman–Crippen LogP) is 1.91. The summed E-state index contributed by atoms with van der Waals surface area (Å²) in [6.45, 7) is 0. The SMILES string of the molecule is O=[N+]([O-])c1ccccc1/C=N\NS(=O)(=O)c1ccccc1. The first-order valence-electron chi connectivity index (χ1n) is 5.84. The summed E-state index contributed by atoms with van der Waals surface area (Å²) in [5.74, 6) is 0. The Labute approximate surface area is 121 Å². The summed E-state index contributed by atoms with van der Waals surface area (Å²) in [7, 11) is -3.78. The first-order chi connectivity index (χ1) is 10.0. The smallest absolute Gasteiger partial charge is 0.258 e. The molecule has 0 amide bonds. The minimum absolute atomic E-state index is 0.0599. The van der Waals surface area contributed by atoms with Crippen LogP contribution in [0.4, 0.5) is 5.69 Å². The normalized spacial score (nSPS) is 11.4. The largest absolute Gasteiger partial charge is 0.278 e. The average molecular weight is 305 g/mol. The Kier molecular flexibility index (Phi) is 4.29. The van der Waals surface area contributed by atoms with E-state index < -0.39 is 14.9 Å². The third-order valence-corrected chi connectivity index (χ3v) is 3.80. The third-order valence-electron chi connectivity index (χ3n) is 2.56. The molecule has 2 aromatic carbocycles. The zero-order chi connectivity index (χ0) is 15.3. The number of rotatable bonds is 5. The lowest BCUT2D eigenvalue weighted by Crippen LogP contribution is -2.18. The van der Waals surface area contributed by atoms with Crippen LogP contribution in [-0.2, 0) is 10.0 Å². The molecular weight excluding hydrogens is 294 g/mol. The maximum atomic E-state index is 11.9. The van der Waals surface area contributed by atoms with Crippen molar-refractivity contribution in [3.63, 3.8) is 0 Å². The number of nitrogens with one attached hydrogen (secondary N) is 1. The summed E-state index contributed by atoms with van der Waals surface area (Å²) < 4.78 is 23.8. The van der Waals surface area contributed by atoms with Gasteiger partial charge in [-0.05, 0) is 18.2 Å². The molecule has 2 aromatic rings. The van der Waals surface area contributed by atoms with Crippen LogP contribution in [0, 0.1) is 10.1 Å². The van der Waals surface area contributed by atoms with E-state index >= 15 is 0 Å².